The van der Waals surface area contributed by atoms with E-state index in [-0.39, 0.29) is 11.2 Å². The van der Waals surface area contributed by atoms with Gasteiger partial charge in [0, 0.05) is 5.92 Å². The Kier molecular flexibility index (Phi) is 9.51. The molecular formula is C30H52O2. The predicted molar refractivity (Wildman–Crippen MR) is 137 cm³/mol. The van der Waals surface area contributed by atoms with Crippen LogP contribution >= 0.6 is 0 Å². The van der Waals surface area contributed by atoms with Crippen LogP contribution in [-0.4, -0.2) is 24.4 Å². The Bertz CT molecular complexity index is 619. The van der Waals surface area contributed by atoms with Gasteiger partial charge in [0.2, 0.25) is 0 Å². The summed E-state index contributed by atoms with van der Waals surface area (Å²) in [6.07, 6.45) is 20.2. The molecule has 2 aliphatic carbocycles. The quantitative estimate of drug-likeness (QED) is 0.349. The third-order valence-electron chi connectivity index (χ3n) is 8.93. The molecule has 2 heteroatoms. The zero-order chi connectivity index (χ0) is 23.2. The maximum atomic E-state index is 6.28. The first-order valence-corrected chi connectivity index (χ1v) is 14.0. The number of hydrogen-bond acceptors (Lipinski definition) is 2. The minimum atomic E-state index is 0.228. The highest BCUT2D eigenvalue weighted by molar-refractivity contribution is 5.14. The van der Waals surface area contributed by atoms with E-state index in [1.165, 1.54) is 77.0 Å². The van der Waals surface area contributed by atoms with Crippen molar-refractivity contribution in [1.29, 1.82) is 0 Å². The maximum Gasteiger partial charge on any atom is 0.0717 e. The van der Waals surface area contributed by atoms with Gasteiger partial charge in [-0.2, -0.15) is 0 Å². The van der Waals surface area contributed by atoms with Crippen molar-refractivity contribution < 1.29 is 9.47 Å². The van der Waals surface area contributed by atoms with Crippen molar-refractivity contribution in [3.05, 3.63) is 23.3 Å². The molecule has 2 heterocycles. The van der Waals surface area contributed by atoms with Gasteiger partial charge in [0.25, 0.3) is 0 Å². The molecule has 2 saturated heterocycles. The molecule has 0 aromatic carbocycles. The topological polar surface area (TPSA) is 18.5 Å². The normalized spacial score (nSPS) is 32.3. The SMILES string of the molecule is CCCC1(CCC)OCC2C=C(C)CCC21.CCCC1(CCC)OCC2CC(C)=CCC21. The van der Waals surface area contributed by atoms with E-state index in [9.17, 15) is 0 Å². The molecule has 0 N–H and O–H groups in total. The largest absolute Gasteiger partial charge is 0.374 e. The van der Waals surface area contributed by atoms with Crippen LogP contribution in [0.5, 0.6) is 0 Å². The Morgan fingerprint density at radius 1 is 0.781 bits per heavy atom. The average Bonchev–Trinajstić information content (AvgIpc) is 3.28. The Balaban J connectivity index is 0.000000181. The van der Waals surface area contributed by atoms with Gasteiger partial charge in [0.1, 0.15) is 0 Å². The molecule has 0 amide bonds. The maximum absolute atomic E-state index is 6.28. The van der Waals surface area contributed by atoms with Gasteiger partial charge in [0.15, 0.2) is 0 Å². The lowest BCUT2D eigenvalue weighted by Crippen LogP contribution is -2.37. The van der Waals surface area contributed by atoms with Crippen molar-refractivity contribution in [2.24, 2.45) is 23.7 Å². The van der Waals surface area contributed by atoms with E-state index in [1.54, 1.807) is 11.1 Å². The highest BCUT2D eigenvalue weighted by atomic mass is 16.5. The summed E-state index contributed by atoms with van der Waals surface area (Å²) in [7, 11) is 0. The first-order valence-electron chi connectivity index (χ1n) is 14.0. The van der Waals surface area contributed by atoms with Gasteiger partial charge in [0.05, 0.1) is 24.4 Å². The molecule has 2 aliphatic heterocycles. The molecule has 4 aliphatic rings. The number of ether oxygens (including phenoxy) is 2. The molecular weight excluding hydrogens is 392 g/mol. The second-order valence-electron chi connectivity index (χ2n) is 11.4. The van der Waals surface area contributed by atoms with E-state index >= 15 is 0 Å². The fraction of sp³-hybridized carbons (Fsp3) is 0.867. The number of fused-ring (bicyclic) bond motifs is 2. The lowest BCUT2D eigenvalue weighted by atomic mass is 9.70. The van der Waals surface area contributed by atoms with Gasteiger partial charge in [-0.15, -0.1) is 0 Å². The second kappa shape index (κ2) is 11.7. The molecule has 0 radical (unpaired) electrons. The van der Waals surface area contributed by atoms with E-state index in [4.69, 9.17) is 9.47 Å². The smallest absolute Gasteiger partial charge is 0.0717 e. The summed E-state index contributed by atoms with van der Waals surface area (Å²) >= 11 is 0. The fourth-order valence-electron chi connectivity index (χ4n) is 7.68. The lowest BCUT2D eigenvalue weighted by molar-refractivity contribution is -0.0384. The van der Waals surface area contributed by atoms with Gasteiger partial charge in [-0.3, -0.25) is 0 Å². The zero-order valence-electron chi connectivity index (χ0n) is 22.2. The predicted octanol–water partition coefficient (Wildman–Crippen LogP) is 8.66. The molecule has 4 unspecified atom stereocenters. The number of allylic oxidation sites excluding steroid dienone is 3. The van der Waals surface area contributed by atoms with Crippen molar-refractivity contribution in [1.82, 2.24) is 0 Å². The highest BCUT2D eigenvalue weighted by Gasteiger charge is 2.49. The Morgan fingerprint density at radius 2 is 1.34 bits per heavy atom. The number of hydrogen-bond donors (Lipinski definition) is 0. The summed E-state index contributed by atoms with van der Waals surface area (Å²) in [6.45, 7) is 15.7. The van der Waals surface area contributed by atoms with Crippen molar-refractivity contribution in [2.75, 3.05) is 13.2 Å². The molecule has 4 atom stereocenters. The molecule has 4 rings (SSSR count). The minimum absolute atomic E-state index is 0.228. The summed E-state index contributed by atoms with van der Waals surface area (Å²) in [4.78, 5) is 0. The van der Waals surface area contributed by atoms with Crippen molar-refractivity contribution >= 4 is 0 Å². The second-order valence-corrected chi connectivity index (χ2v) is 11.4. The Morgan fingerprint density at radius 3 is 1.94 bits per heavy atom. The summed E-state index contributed by atoms with van der Waals surface area (Å²) in [6, 6.07) is 0. The van der Waals surface area contributed by atoms with Crippen molar-refractivity contribution in [3.8, 4) is 0 Å². The van der Waals surface area contributed by atoms with Gasteiger partial charge in [-0.05, 0) is 83.0 Å². The molecule has 184 valence electrons. The van der Waals surface area contributed by atoms with Crippen molar-refractivity contribution in [2.45, 2.75) is 130 Å². The highest BCUT2D eigenvalue weighted by Crippen LogP contribution is 2.50. The van der Waals surface area contributed by atoms with Crippen LogP contribution in [0.1, 0.15) is 119 Å². The molecule has 0 aromatic rings. The Labute approximate surface area is 199 Å². The van der Waals surface area contributed by atoms with E-state index in [2.05, 4.69) is 53.7 Å². The monoisotopic (exact) mass is 444 g/mol. The van der Waals surface area contributed by atoms with E-state index < -0.39 is 0 Å². The van der Waals surface area contributed by atoms with Crippen LogP contribution in [0.25, 0.3) is 0 Å². The summed E-state index contributed by atoms with van der Waals surface area (Å²) < 4.78 is 12.6. The molecule has 0 saturated carbocycles. The van der Waals surface area contributed by atoms with E-state index in [1.807, 2.05) is 0 Å². The first-order chi connectivity index (χ1) is 15.4. The van der Waals surface area contributed by atoms with Crippen LogP contribution in [0.3, 0.4) is 0 Å². The fourth-order valence-corrected chi connectivity index (χ4v) is 7.68. The van der Waals surface area contributed by atoms with Crippen LogP contribution < -0.4 is 0 Å². The molecule has 2 nitrogen and oxygen atoms in total. The van der Waals surface area contributed by atoms with E-state index in [0.29, 0.717) is 5.92 Å². The van der Waals surface area contributed by atoms with Gasteiger partial charge in [-0.1, -0.05) is 76.7 Å². The third-order valence-corrected chi connectivity index (χ3v) is 8.93. The first kappa shape index (κ1) is 26.0. The summed E-state index contributed by atoms with van der Waals surface area (Å²) in [5.41, 5.74) is 3.61. The minimum Gasteiger partial charge on any atom is -0.374 e. The molecule has 2 fully saturated rings. The van der Waals surface area contributed by atoms with Gasteiger partial charge in [-0.25, -0.2) is 0 Å². The van der Waals surface area contributed by atoms with Gasteiger partial charge >= 0.3 is 0 Å². The van der Waals surface area contributed by atoms with Crippen LogP contribution in [0.15, 0.2) is 23.3 Å². The molecule has 32 heavy (non-hydrogen) atoms. The Hall–Kier alpha value is -0.600. The van der Waals surface area contributed by atoms with Crippen LogP contribution in [0.2, 0.25) is 0 Å². The summed E-state index contributed by atoms with van der Waals surface area (Å²) in [5.74, 6) is 3.13. The van der Waals surface area contributed by atoms with E-state index in [0.717, 1.165) is 31.0 Å². The van der Waals surface area contributed by atoms with Crippen LogP contribution in [0.4, 0.5) is 0 Å². The molecule has 0 bridgehead atoms. The molecule has 0 spiro atoms. The van der Waals surface area contributed by atoms with Crippen LogP contribution in [-0.2, 0) is 9.47 Å². The average molecular weight is 445 g/mol. The molecule has 0 aromatic heterocycles. The lowest BCUT2D eigenvalue weighted by Gasteiger charge is -2.37. The third kappa shape index (κ3) is 5.54. The van der Waals surface area contributed by atoms with Crippen LogP contribution in [0, 0.1) is 23.7 Å². The summed E-state index contributed by atoms with van der Waals surface area (Å²) in [5, 5.41) is 0. The standard InChI is InChI=1S/2C15H26O/c2*1-4-8-15(9-5-2)14-7-6-12(3)10-13(14)11-16-15/h10,13-14H,4-9,11H2,1-3H3;6,13-14H,4-5,7-11H2,1-3H3. The van der Waals surface area contributed by atoms with Crippen molar-refractivity contribution in [3.63, 3.8) is 0 Å². The van der Waals surface area contributed by atoms with Gasteiger partial charge < -0.3 is 9.47 Å². The zero-order valence-corrected chi connectivity index (χ0v) is 22.2. The number of rotatable bonds is 8.